The van der Waals surface area contributed by atoms with Gasteiger partial charge >= 0.3 is 6.03 Å². The van der Waals surface area contributed by atoms with Gasteiger partial charge in [-0.05, 0) is 29.8 Å². The Morgan fingerprint density at radius 2 is 1.73 bits per heavy atom. The van der Waals surface area contributed by atoms with E-state index in [2.05, 4.69) is 10.6 Å². The van der Waals surface area contributed by atoms with Crippen LogP contribution < -0.4 is 15.5 Å². The van der Waals surface area contributed by atoms with Gasteiger partial charge in [0.05, 0.1) is 22.3 Å². The Hall–Kier alpha value is -2.28. The summed E-state index contributed by atoms with van der Waals surface area (Å²) in [7, 11) is 0. The number of benzene rings is 2. The minimum atomic E-state index is -1.78. The molecule has 2 N–H and O–H groups in total. The molecule has 1 spiro atoms. The molecule has 2 aliphatic heterocycles. The molecule has 132 valence electrons. The highest BCUT2D eigenvalue weighted by molar-refractivity contribution is 6.42. The summed E-state index contributed by atoms with van der Waals surface area (Å²) < 4.78 is 0. The number of nitrogens with one attached hydrogen (secondary N) is 2. The maximum Gasteiger partial charge on any atom is 0.323 e. The largest absolute Gasteiger partial charge is 0.323 e. The van der Waals surface area contributed by atoms with Crippen molar-refractivity contribution in [1.29, 1.82) is 0 Å². The number of carbonyl (C=O) groups excluding carboxylic acids is 3. The normalized spacial score (nSPS) is 21.2. The SMILES string of the molecule is O=C1NC(=O)C2(N1)C(=O)N(Cc1ccc(Cl)c(Cl)c1)c1cc(Cl)ccc12. The highest BCUT2D eigenvalue weighted by atomic mass is 35.5. The predicted octanol–water partition coefficient (Wildman–Crippen LogP) is 3.23. The van der Waals surface area contributed by atoms with Crippen LogP contribution in [0.1, 0.15) is 11.1 Å². The fraction of sp³-hybridized carbons (Fsp3) is 0.118. The third-order valence-electron chi connectivity index (χ3n) is 4.41. The molecule has 1 unspecified atom stereocenters. The molecule has 0 radical (unpaired) electrons. The third kappa shape index (κ3) is 2.37. The molecule has 2 heterocycles. The van der Waals surface area contributed by atoms with E-state index in [0.29, 0.717) is 31.9 Å². The molecule has 9 heteroatoms. The molecule has 2 aromatic carbocycles. The van der Waals surface area contributed by atoms with Crippen molar-refractivity contribution in [3.63, 3.8) is 0 Å². The number of amides is 4. The van der Waals surface area contributed by atoms with Crippen LogP contribution in [0, 0.1) is 0 Å². The molecule has 4 amide bonds. The smallest absolute Gasteiger partial charge is 0.312 e. The Labute approximate surface area is 163 Å². The summed E-state index contributed by atoms with van der Waals surface area (Å²) in [6.45, 7) is 0.133. The number of nitrogens with zero attached hydrogens (tertiary/aromatic N) is 1. The first-order valence-corrected chi connectivity index (χ1v) is 8.66. The van der Waals surface area contributed by atoms with Crippen LogP contribution in [0.2, 0.25) is 15.1 Å². The number of carbonyl (C=O) groups is 3. The highest BCUT2D eigenvalue weighted by Crippen LogP contribution is 2.44. The van der Waals surface area contributed by atoms with E-state index in [4.69, 9.17) is 34.8 Å². The van der Waals surface area contributed by atoms with Gasteiger partial charge in [0.1, 0.15) is 0 Å². The van der Waals surface area contributed by atoms with Crippen molar-refractivity contribution < 1.29 is 14.4 Å². The lowest BCUT2D eigenvalue weighted by atomic mass is 9.91. The second kappa shape index (κ2) is 5.87. The van der Waals surface area contributed by atoms with Gasteiger partial charge in [-0.3, -0.25) is 14.9 Å². The predicted molar refractivity (Wildman–Crippen MR) is 97.5 cm³/mol. The van der Waals surface area contributed by atoms with Crippen LogP contribution in [0.5, 0.6) is 0 Å². The third-order valence-corrected chi connectivity index (χ3v) is 5.39. The van der Waals surface area contributed by atoms with E-state index in [1.165, 1.54) is 4.90 Å². The van der Waals surface area contributed by atoms with E-state index in [0.717, 1.165) is 0 Å². The van der Waals surface area contributed by atoms with Gasteiger partial charge in [0, 0.05) is 10.6 Å². The zero-order valence-corrected chi connectivity index (χ0v) is 15.2. The topological polar surface area (TPSA) is 78.5 Å². The quantitative estimate of drug-likeness (QED) is 0.589. The Bertz CT molecular complexity index is 994. The summed E-state index contributed by atoms with van der Waals surface area (Å²) in [5.41, 5.74) is -0.255. The Morgan fingerprint density at radius 3 is 2.38 bits per heavy atom. The molecular formula is C17H10Cl3N3O3. The Morgan fingerprint density at radius 1 is 0.962 bits per heavy atom. The molecule has 0 aromatic heterocycles. The van der Waals surface area contributed by atoms with Crippen LogP contribution in [0.25, 0.3) is 0 Å². The van der Waals surface area contributed by atoms with Crippen molar-refractivity contribution in [3.05, 3.63) is 62.6 Å². The average molecular weight is 411 g/mol. The van der Waals surface area contributed by atoms with E-state index in [1.807, 2.05) is 0 Å². The number of hydrogen-bond donors (Lipinski definition) is 2. The summed E-state index contributed by atoms with van der Waals surface area (Å²) >= 11 is 18.1. The minimum absolute atomic E-state index is 0.133. The van der Waals surface area contributed by atoms with Gasteiger partial charge in [-0.25, -0.2) is 4.79 Å². The van der Waals surface area contributed by atoms with Gasteiger partial charge in [0.25, 0.3) is 11.8 Å². The molecule has 1 fully saturated rings. The second-order valence-corrected chi connectivity index (χ2v) is 7.21. The summed E-state index contributed by atoms with van der Waals surface area (Å²) in [4.78, 5) is 38.7. The fourth-order valence-corrected chi connectivity index (χ4v) is 3.73. The zero-order chi connectivity index (χ0) is 18.6. The van der Waals surface area contributed by atoms with Crippen LogP contribution in [0.15, 0.2) is 36.4 Å². The lowest BCUT2D eigenvalue weighted by Crippen LogP contribution is -2.52. The summed E-state index contributed by atoms with van der Waals surface area (Å²) in [6.07, 6.45) is 0. The molecule has 4 rings (SSSR count). The molecule has 2 aromatic rings. The van der Waals surface area contributed by atoms with E-state index in [9.17, 15) is 14.4 Å². The van der Waals surface area contributed by atoms with Crippen molar-refractivity contribution in [2.75, 3.05) is 4.90 Å². The lowest BCUT2D eigenvalue weighted by molar-refractivity contribution is -0.134. The molecule has 0 aliphatic carbocycles. The van der Waals surface area contributed by atoms with Crippen LogP contribution in [0.3, 0.4) is 0 Å². The number of rotatable bonds is 2. The van der Waals surface area contributed by atoms with Crippen molar-refractivity contribution in [3.8, 4) is 0 Å². The van der Waals surface area contributed by atoms with E-state index >= 15 is 0 Å². The van der Waals surface area contributed by atoms with Gasteiger partial charge in [0.15, 0.2) is 0 Å². The molecule has 1 atom stereocenters. The molecule has 0 saturated carbocycles. The number of fused-ring (bicyclic) bond motifs is 2. The van der Waals surface area contributed by atoms with E-state index in [-0.39, 0.29) is 6.54 Å². The van der Waals surface area contributed by atoms with E-state index < -0.39 is 23.4 Å². The van der Waals surface area contributed by atoms with Crippen molar-refractivity contribution in [2.24, 2.45) is 0 Å². The van der Waals surface area contributed by atoms with Crippen LogP contribution in [-0.2, 0) is 21.7 Å². The Kier molecular flexibility index (Phi) is 3.87. The summed E-state index contributed by atoms with van der Waals surface area (Å²) in [5.74, 6) is -1.28. The van der Waals surface area contributed by atoms with Crippen LogP contribution in [0.4, 0.5) is 10.5 Å². The van der Waals surface area contributed by atoms with Gasteiger partial charge in [-0.1, -0.05) is 46.9 Å². The number of hydrogen-bond acceptors (Lipinski definition) is 3. The van der Waals surface area contributed by atoms with Gasteiger partial charge in [-0.2, -0.15) is 0 Å². The minimum Gasteiger partial charge on any atom is -0.312 e. The van der Waals surface area contributed by atoms with E-state index in [1.54, 1.807) is 36.4 Å². The summed E-state index contributed by atoms with van der Waals surface area (Å²) in [6, 6.07) is 8.98. The molecular weight excluding hydrogens is 401 g/mol. The number of halogens is 3. The number of urea groups is 1. The first-order chi connectivity index (χ1) is 12.3. The number of imide groups is 1. The summed E-state index contributed by atoms with van der Waals surface area (Å²) in [5, 5.41) is 5.73. The molecule has 1 saturated heterocycles. The maximum absolute atomic E-state index is 13.2. The van der Waals surface area contributed by atoms with Gasteiger partial charge < -0.3 is 10.2 Å². The first-order valence-electron chi connectivity index (χ1n) is 7.52. The maximum atomic E-state index is 13.2. The molecule has 2 aliphatic rings. The zero-order valence-electron chi connectivity index (χ0n) is 13.0. The molecule has 26 heavy (non-hydrogen) atoms. The van der Waals surface area contributed by atoms with Gasteiger partial charge in [-0.15, -0.1) is 0 Å². The molecule has 0 bridgehead atoms. The van der Waals surface area contributed by atoms with Crippen molar-refractivity contribution >= 4 is 58.3 Å². The average Bonchev–Trinajstić information content (AvgIpc) is 3.00. The fourth-order valence-electron chi connectivity index (χ4n) is 3.25. The second-order valence-electron chi connectivity index (χ2n) is 5.96. The Balaban J connectivity index is 1.82. The monoisotopic (exact) mass is 409 g/mol. The van der Waals surface area contributed by atoms with Gasteiger partial charge in [0.2, 0.25) is 5.54 Å². The highest BCUT2D eigenvalue weighted by Gasteiger charge is 2.61. The standard InChI is InChI=1S/C17H10Cl3N3O3/c18-9-2-3-10-13(6-9)23(7-8-1-4-11(19)12(20)5-8)15(25)17(10)14(24)21-16(26)22-17/h1-6H,7H2,(H2,21,22,24,26). The van der Waals surface area contributed by atoms with Crippen LogP contribution >= 0.6 is 34.8 Å². The van der Waals surface area contributed by atoms with Crippen LogP contribution in [-0.4, -0.2) is 17.8 Å². The molecule has 6 nitrogen and oxygen atoms in total. The van der Waals surface area contributed by atoms with Crippen molar-refractivity contribution in [1.82, 2.24) is 10.6 Å². The first kappa shape index (κ1) is 17.1. The van der Waals surface area contributed by atoms with Crippen molar-refractivity contribution in [2.45, 2.75) is 12.1 Å². The number of anilines is 1. The lowest BCUT2D eigenvalue weighted by Gasteiger charge is -2.21.